The minimum Gasteiger partial charge on any atom is -0.378 e. The van der Waals surface area contributed by atoms with Crippen molar-refractivity contribution in [2.45, 2.75) is 6.61 Å². The largest absolute Gasteiger partial charge is 0.378 e. The summed E-state index contributed by atoms with van der Waals surface area (Å²) in [5.74, 6) is 0.413. The summed E-state index contributed by atoms with van der Waals surface area (Å²) in [4.78, 5) is 11.9. The number of benzene rings is 1. The van der Waals surface area contributed by atoms with Crippen molar-refractivity contribution in [3.05, 3.63) is 60.3 Å². The lowest BCUT2D eigenvalue weighted by Gasteiger charge is -2.00. The van der Waals surface area contributed by atoms with Crippen LogP contribution in [0.1, 0.15) is 5.69 Å². The fraction of sp³-hybridized carbons (Fsp3) is 0.125. The molecule has 21 heavy (non-hydrogen) atoms. The Morgan fingerprint density at radius 3 is 2.62 bits per heavy atom. The maximum Gasteiger partial charge on any atom is 0.138 e. The highest BCUT2D eigenvalue weighted by Gasteiger charge is 2.13. The van der Waals surface area contributed by atoms with E-state index < -0.39 is 0 Å². The molecule has 0 aliphatic carbocycles. The van der Waals surface area contributed by atoms with Gasteiger partial charge in [-0.3, -0.25) is 4.98 Å². The minimum atomic E-state index is -0.269. The van der Waals surface area contributed by atoms with Crippen LogP contribution in [0.3, 0.4) is 0 Å². The predicted molar refractivity (Wildman–Crippen MR) is 77.9 cm³/mol. The number of rotatable bonds is 4. The van der Waals surface area contributed by atoms with Gasteiger partial charge in [0, 0.05) is 30.6 Å². The third kappa shape index (κ3) is 2.83. The molecule has 0 unspecified atom stereocenters. The van der Waals surface area contributed by atoms with Crippen LogP contribution in [0.15, 0.2) is 48.8 Å². The molecule has 0 saturated heterocycles. The van der Waals surface area contributed by atoms with Crippen LogP contribution >= 0.6 is 0 Å². The van der Waals surface area contributed by atoms with E-state index in [-0.39, 0.29) is 5.82 Å². The van der Waals surface area contributed by atoms with Crippen LogP contribution in [0.2, 0.25) is 0 Å². The van der Waals surface area contributed by atoms with E-state index in [4.69, 9.17) is 4.74 Å². The zero-order valence-electron chi connectivity index (χ0n) is 11.5. The fourth-order valence-corrected chi connectivity index (χ4v) is 2.14. The zero-order valence-corrected chi connectivity index (χ0v) is 11.5. The Bertz CT molecular complexity index is 723. The lowest BCUT2D eigenvalue weighted by molar-refractivity contribution is 0.182. The number of ether oxygens (including phenoxy) is 1. The molecule has 3 rings (SSSR count). The molecule has 1 N–H and O–H groups in total. The van der Waals surface area contributed by atoms with Crippen LogP contribution in [0.25, 0.3) is 22.6 Å². The smallest absolute Gasteiger partial charge is 0.138 e. The molecule has 0 atom stereocenters. The van der Waals surface area contributed by atoms with E-state index >= 15 is 0 Å². The third-order valence-corrected chi connectivity index (χ3v) is 3.12. The molecule has 1 aromatic carbocycles. The van der Waals surface area contributed by atoms with Crippen LogP contribution in [-0.4, -0.2) is 22.1 Å². The van der Waals surface area contributed by atoms with Crippen molar-refractivity contribution in [2.24, 2.45) is 0 Å². The molecule has 0 spiro atoms. The monoisotopic (exact) mass is 283 g/mol. The summed E-state index contributed by atoms with van der Waals surface area (Å²) < 4.78 is 18.2. The number of hydrogen-bond donors (Lipinski definition) is 1. The van der Waals surface area contributed by atoms with Gasteiger partial charge in [0.15, 0.2) is 0 Å². The van der Waals surface area contributed by atoms with Gasteiger partial charge in [0.25, 0.3) is 0 Å². The number of pyridine rings is 1. The normalized spacial score (nSPS) is 10.8. The Morgan fingerprint density at radius 1 is 1.14 bits per heavy atom. The van der Waals surface area contributed by atoms with Crippen molar-refractivity contribution in [3.8, 4) is 22.6 Å². The maximum absolute atomic E-state index is 13.0. The van der Waals surface area contributed by atoms with Gasteiger partial charge in [0.05, 0.1) is 18.0 Å². The maximum atomic E-state index is 13.0. The standard InChI is InChI=1S/C16H14FN3O/c1-21-10-14-15(12-3-2-8-18-9-12)20-16(19-14)11-4-6-13(17)7-5-11/h2-9H,10H2,1H3,(H,19,20). The zero-order chi connectivity index (χ0) is 14.7. The fourth-order valence-electron chi connectivity index (χ4n) is 2.14. The van der Waals surface area contributed by atoms with Crippen LogP contribution in [-0.2, 0) is 11.3 Å². The quantitative estimate of drug-likeness (QED) is 0.798. The molecule has 5 heteroatoms. The molecular formula is C16H14FN3O. The van der Waals surface area contributed by atoms with Gasteiger partial charge in [0.2, 0.25) is 0 Å². The Kier molecular flexibility index (Phi) is 3.75. The molecule has 0 amide bonds. The number of aromatic nitrogens is 3. The van der Waals surface area contributed by atoms with Gasteiger partial charge in [-0.2, -0.15) is 0 Å². The summed E-state index contributed by atoms with van der Waals surface area (Å²) >= 11 is 0. The van der Waals surface area contributed by atoms with Gasteiger partial charge >= 0.3 is 0 Å². The van der Waals surface area contributed by atoms with Gasteiger partial charge in [-0.15, -0.1) is 0 Å². The molecule has 4 nitrogen and oxygen atoms in total. The second-order valence-corrected chi connectivity index (χ2v) is 4.59. The predicted octanol–water partition coefficient (Wildman–Crippen LogP) is 3.42. The van der Waals surface area contributed by atoms with E-state index in [1.54, 1.807) is 31.6 Å². The summed E-state index contributed by atoms with van der Waals surface area (Å²) in [6, 6.07) is 10.0. The first-order chi connectivity index (χ1) is 10.3. The lowest BCUT2D eigenvalue weighted by atomic mass is 10.2. The van der Waals surface area contributed by atoms with E-state index in [0.29, 0.717) is 12.4 Å². The molecule has 2 aromatic heterocycles. The van der Waals surface area contributed by atoms with Crippen LogP contribution in [0, 0.1) is 5.82 Å². The van der Waals surface area contributed by atoms with Crippen LogP contribution < -0.4 is 0 Å². The first-order valence-electron chi connectivity index (χ1n) is 6.52. The van der Waals surface area contributed by atoms with Crippen molar-refractivity contribution in [3.63, 3.8) is 0 Å². The van der Waals surface area contributed by atoms with Gasteiger partial charge in [-0.1, -0.05) is 0 Å². The summed E-state index contributed by atoms with van der Waals surface area (Å²) in [6.07, 6.45) is 3.47. The number of H-pyrrole nitrogens is 1. The molecule has 106 valence electrons. The minimum absolute atomic E-state index is 0.269. The number of nitrogens with one attached hydrogen (secondary N) is 1. The average molecular weight is 283 g/mol. The second-order valence-electron chi connectivity index (χ2n) is 4.59. The van der Waals surface area contributed by atoms with Crippen LogP contribution in [0.5, 0.6) is 0 Å². The van der Waals surface area contributed by atoms with Crippen molar-refractivity contribution < 1.29 is 9.13 Å². The highest BCUT2D eigenvalue weighted by atomic mass is 19.1. The molecular weight excluding hydrogens is 269 g/mol. The van der Waals surface area contributed by atoms with Gasteiger partial charge < -0.3 is 9.72 Å². The van der Waals surface area contributed by atoms with Gasteiger partial charge in [-0.05, 0) is 36.4 Å². The number of halogens is 1. The third-order valence-electron chi connectivity index (χ3n) is 3.12. The molecule has 0 aliphatic rings. The summed E-state index contributed by atoms with van der Waals surface area (Å²) in [5.41, 5.74) is 3.40. The number of aromatic amines is 1. The molecule has 0 aliphatic heterocycles. The lowest BCUT2D eigenvalue weighted by Crippen LogP contribution is -1.91. The molecule has 0 saturated carbocycles. The number of methoxy groups -OCH3 is 1. The number of hydrogen-bond acceptors (Lipinski definition) is 3. The first kappa shape index (κ1) is 13.5. The van der Waals surface area contributed by atoms with Gasteiger partial charge in [0.1, 0.15) is 11.6 Å². The van der Waals surface area contributed by atoms with Crippen molar-refractivity contribution in [2.75, 3.05) is 7.11 Å². The first-order valence-corrected chi connectivity index (χ1v) is 6.52. The van der Waals surface area contributed by atoms with E-state index in [2.05, 4.69) is 15.0 Å². The van der Waals surface area contributed by atoms with Crippen molar-refractivity contribution in [1.29, 1.82) is 0 Å². The number of nitrogens with zero attached hydrogens (tertiary/aromatic N) is 2. The summed E-state index contributed by atoms with van der Waals surface area (Å²) in [6.45, 7) is 0.415. The molecule has 0 radical (unpaired) electrons. The van der Waals surface area contributed by atoms with Crippen LogP contribution in [0.4, 0.5) is 4.39 Å². The average Bonchev–Trinajstić information content (AvgIpc) is 2.93. The Labute approximate surface area is 121 Å². The van der Waals surface area contributed by atoms with E-state index in [1.807, 2.05) is 12.1 Å². The Hall–Kier alpha value is -2.53. The number of imidazole rings is 1. The molecule has 3 aromatic rings. The Morgan fingerprint density at radius 2 is 1.95 bits per heavy atom. The Balaban J connectivity index is 2.06. The topological polar surface area (TPSA) is 50.8 Å². The van der Waals surface area contributed by atoms with E-state index in [1.165, 1.54) is 12.1 Å². The molecule has 0 bridgehead atoms. The summed E-state index contributed by atoms with van der Waals surface area (Å²) in [7, 11) is 1.63. The summed E-state index contributed by atoms with van der Waals surface area (Å²) in [5, 5.41) is 0. The van der Waals surface area contributed by atoms with Crippen molar-refractivity contribution in [1.82, 2.24) is 15.0 Å². The highest BCUT2D eigenvalue weighted by Crippen LogP contribution is 2.26. The SMILES string of the molecule is COCc1[nH]c(-c2ccc(F)cc2)nc1-c1cccnc1. The van der Waals surface area contributed by atoms with Gasteiger partial charge in [-0.25, -0.2) is 9.37 Å². The van der Waals surface area contributed by atoms with E-state index in [0.717, 1.165) is 22.5 Å². The van der Waals surface area contributed by atoms with E-state index in [9.17, 15) is 4.39 Å². The highest BCUT2D eigenvalue weighted by molar-refractivity contribution is 5.66. The van der Waals surface area contributed by atoms with Crippen molar-refractivity contribution >= 4 is 0 Å². The second kappa shape index (κ2) is 5.85. The molecule has 0 fully saturated rings. The molecule has 2 heterocycles.